The van der Waals surface area contributed by atoms with Gasteiger partial charge in [-0.3, -0.25) is 4.79 Å². The Morgan fingerprint density at radius 2 is 1.90 bits per heavy atom. The van der Waals surface area contributed by atoms with E-state index < -0.39 is 5.54 Å². The fraction of sp³-hybridized carbons (Fsp3) is 0.304. The minimum Gasteiger partial charge on any atom is -0.381 e. The predicted octanol–water partition coefficient (Wildman–Crippen LogP) is 2.72. The first-order valence-corrected chi connectivity index (χ1v) is 9.92. The van der Waals surface area contributed by atoms with Gasteiger partial charge in [-0.05, 0) is 35.1 Å². The van der Waals surface area contributed by atoms with Crippen molar-refractivity contribution in [2.24, 2.45) is 5.73 Å². The highest BCUT2D eigenvalue weighted by molar-refractivity contribution is 5.86. The summed E-state index contributed by atoms with van der Waals surface area (Å²) in [4.78, 5) is 16.7. The molecule has 6 nitrogen and oxygen atoms in total. The van der Waals surface area contributed by atoms with E-state index in [-0.39, 0.29) is 5.91 Å². The van der Waals surface area contributed by atoms with Gasteiger partial charge >= 0.3 is 0 Å². The first-order valence-electron chi connectivity index (χ1n) is 9.92. The van der Waals surface area contributed by atoms with Crippen molar-refractivity contribution in [1.82, 2.24) is 14.9 Å². The molecule has 0 aliphatic carbocycles. The maximum absolute atomic E-state index is 12.6. The van der Waals surface area contributed by atoms with E-state index >= 15 is 0 Å². The Bertz CT molecular complexity index is 945. The second-order valence-corrected chi connectivity index (χ2v) is 7.54. The van der Waals surface area contributed by atoms with E-state index in [1.165, 1.54) is 5.56 Å². The van der Waals surface area contributed by atoms with Crippen molar-refractivity contribution in [3.8, 4) is 11.1 Å². The minimum atomic E-state index is -0.831. The number of carbonyl (C=O) groups is 1. The Balaban J connectivity index is 1.46. The predicted molar refractivity (Wildman–Crippen MR) is 112 cm³/mol. The first-order chi connectivity index (χ1) is 14.1. The SMILES string of the molecule is NC1(C(=O)NCc2ccccc2-c2ccc(Cn3ccnc3)cc2)CCOCC1. The van der Waals surface area contributed by atoms with Gasteiger partial charge in [0.05, 0.1) is 11.9 Å². The van der Waals surface area contributed by atoms with Crippen LogP contribution in [-0.4, -0.2) is 34.2 Å². The molecule has 1 saturated heterocycles. The molecule has 1 aliphatic heterocycles. The number of rotatable bonds is 6. The summed E-state index contributed by atoms with van der Waals surface area (Å²) < 4.78 is 7.37. The maximum atomic E-state index is 12.6. The molecule has 0 saturated carbocycles. The number of hydrogen-bond acceptors (Lipinski definition) is 4. The van der Waals surface area contributed by atoms with Crippen molar-refractivity contribution in [1.29, 1.82) is 0 Å². The molecule has 0 unspecified atom stereocenters. The van der Waals surface area contributed by atoms with Crippen LogP contribution in [0.3, 0.4) is 0 Å². The van der Waals surface area contributed by atoms with Gasteiger partial charge in [-0.25, -0.2) is 4.98 Å². The second kappa shape index (κ2) is 8.59. The zero-order chi connectivity index (χ0) is 20.1. The third-order valence-corrected chi connectivity index (χ3v) is 5.48. The summed E-state index contributed by atoms with van der Waals surface area (Å²) in [6, 6.07) is 16.6. The molecule has 150 valence electrons. The molecular formula is C23H26N4O2. The summed E-state index contributed by atoms with van der Waals surface area (Å²) in [7, 11) is 0. The third kappa shape index (κ3) is 4.55. The highest BCUT2D eigenvalue weighted by Crippen LogP contribution is 2.25. The Labute approximate surface area is 170 Å². The van der Waals surface area contributed by atoms with E-state index in [4.69, 9.17) is 10.5 Å². The normalized spacial score (nSPS) is 15.8. The summed E-state index contributed by atoms with van der Waals surface area (Å²) >= 11 is 0. The molecule has 2 heterocycles. The summed E-state index contributed by atoms with van der Waals surface area (Å²) in [5, 5.41) is 3.03. The van der Waals surface area contributed by atoms with Crippen LogP contribution in [0.4, 0.5) is 0 Å². The highest BCUT2D eigenvalue weighted by Gasteiger charge is 2.35. The van der Waals surface area contributed by atoms with Crippen LogP contribution in [0.15, 0.2) is 67.3 Å². The van der Waals surface area contributed by atoms with Gasteiger partial charge in [0.1, 0.15) is 0 Å². The molecule has 0 spiro atoms. The Morgan fingerprint density at radius 3 is 2.62 bits per heavy atom. The maximum Gasteiger partial charge on any atom is 0.240 e. The van der Waals surface area contributed by atoms with Crippen molar-refractivity contribution < 1.29 is 9.53 Å². The van der Waals surface area contributed by atoms with E-state index in [2.05, 4.69) is 40.6 Å². The fourth-order valence-corrected chi connectivity index (χ4v) is 3.65. The van der Waals surface area contributed by atoms with Gasteiger partial charge in [-0.15, -0.1) is 0 Å². The van der Waals surface area contributed by atoms with Gasteiger partial charge in [0, 0.05) is 38.7 Å². The lowest BCUT2D eigenvalue weighted by Crippen LogP contribution is -2.56. The van der Waals surface area contributed by atoms with Gasteiger partial charge in [-0.2, -0.15) is 0 Å². The standard InChI is InChI=1S/C23H26N4O2/c24-23(9-13-29-14-10-23)22(28)26-15-20-3-1-2-4-21(20)19-7-5-18(6-8-19)16-27-12-11-25-17-27/h1-8,11-12,17H,9-10,13-16,24H2,(H,26,28). The average molecular weight is 390 g/mol. The summed E-state index contributed by atoms with van der Waals surface area (Å²) in [5.74, 6) is -0.105. The van der Waals surface area contributed by atoms with E-state index in [0.717, 1.165) is 23.2 Å². The largest absolute Gasteiger partial charge is 0.381 e. The second-order valence-electron chi connectivity index (χ2n) is 7.54. The molecule has 0 bridgehead atoms. The van der Waals surface area contributed by atoms with Crippen LogP contribution in [0.5, 0.6) is 0 Å². The van der Waals surface area contributed by atoms with E-state index in [0.29, 0.717) is 32.6 Å². The molecule has 1 aromatic heterocycles. The van der Waals surface area contributed by atoms with Gasteiger partial charge < -0.3 is 20.4 Å². The Hall–Kier alpha value is -2.96. The number of aromatic nitrogens is 2. The van der Waals surface area contributed by atoms with Crippen molar-refractivity contribution in [2.75, 3.05) is 13.2 Å². The zero-order valence-corrected chi connectivity index (χ0v) is 16.4. The number of amides is 1. The van der Waals surface area contributed by atoms with Crippen LogP contribution >= 0.6 is 0 Å². The fourth-order valence-electron chi connectivity index (χ4n) is 3.65. The molecule has 1 amide bonds. The molecular weight excluding hydrogens is 364 g/mol. The molecule has 2 aromatic carbocycles. The van der Waals surface area contributed by atoms with E-state index in [1.807, 2.05) is 35.3 Å². The van der Waals surface area contributed by atoms with E-state index in [1.54, 1.807) is 6.20 Å². The smallest absolute Gasteiger partial charge is 0.240 e. The van der Waals surface area contributed by atoms with E-state index in [9.17, 15) is 4.79 Å². The number of nitrogens with one attached hydrogen (secondary N) is 1. The van der Waals surface area contributed by atoms with Crippen LogP contribution in [0.25, 0.3) is 11.1 Å². The van der Waals surface area contributed by atoms with Crippen LogP contribution < -0.4 is 11.1 Å². The average Bonchev–Trinajstić information content (AvgIpc) is 3.26. The van der Waals surface area contributed by atoms with Crippen molar-refractivity contribution in [3.05, 3.63) is 78.4 Å². The number of carbonyl (C=O) groups excluding carboxylic acids is 1. The number of benzene rings is 2. The molecule has 1 fully saturated rings. The zero-order valence-electron chi connectivity index (χ0n) is 16.4. The van der Waals surface area contributed by atoms with Gasteiger partial charge in [0.25, 0.3) is 0 Å². The Kier molecular flexibility index (Phi) is 5.74. The molecule has 4 rings (SSSR count). The number of imidazole rings is 1. The van der Waals surface area contributed by atoms with Gasteiger partial charge in [0.2, 0.25) is 5.91 Å². The lowest BCUT2D eigenvalue weighted by Gasteiger charge is -2.31. The Morgan fingerprint density at radius 1 is 1.14 bits per heavy atom. The number of nitrogens with zero attached hydrogens (tertiary/aromatic N) is 2. The van der Waals surface area contributed by atoms with Crippen molar-refractivity contribution >= 4 is 5.91 Å². The van der Waals surface area contributed by atoms with Crippen molar-refractivity contribution in [3.63, 3.8) is 0 Å². The molecule has 0 radical (unpaired) electrons. The first kappa shape index (κ1) is 19.4. The van der Waals surface area contributed by atoms with Crippen LogP contribution in [0.1, 0.15) is 24.0 Å². The molecule has 29 heavy (non-hydrogen) atoms. The topological polar surface area (TPSA) is 82.2 Å². The van der Waals surface area contributed by atoms with Crippen molar-refractivity contribution in [2.45, 2.75) is 31.5 Å². The van der Waals surface area contributed by atoms with Crippen LogP contribution in [-0.2, 0) is 22.6 Å². The summed E-state index contributed by atoms with van der Waals surface area (Å²) in [6.07, 6.45) is 6.66. The molecule has 1 aliphatic rings. The van der Waals surface area contributed by atoms with Gasteiger partial charge in [-0.1, -0.05) is 48.5 Å². The number of ether oxygens (including phenoxy) is 1. The summed E-state index contributed by atoms with van der Waals surface area (Å²) in [6.45, 7) is 2.31. The monoisotopic (exact) mass is 390 g/mol. The van der Waals surface area contributed by atoms with Gasteiger partial charge in [0.15, 0.2) is 0 Å². The third-order valence-electron chi connectivity index (χ3n) is 5.48. The minimum absolute atomic E-state index is 0.105. The number of nitrogens with two attached hydrogens (primary N) is 1. The number of hydrogen-bond donors (Lipinski definition) is 2. The molecule has 0 atom stereocenters. The van der Waals surface area contributed by atoms with Crippen LogP contribution in [0.2, 0.25) is 0 Å². The quantitative estimate of drug-likeness (QED) is 0.678. The van der Waals surface area contributed by atoms with Crippen LogP contribution in [0, 0.1) is 0 Å². The highest BCUT2D eigenvalue weighted by atomic mass is 16.5. The summed E-state index contributed by atoms with van der Waals surface area (Å²) in [5.41, 5.74) is 9.97. The molecule has 3 N–H and O–H groups in total. The molecule has 6 heteroatoms. The molecule has 3 aromatic rings. The lowest BCUT2D eigenvalue weighted by atomic mass is 9.90. The lowest BCUT2D eigenvalue weighted by molar-refractivity contribution is -0.129.